The molecule has 0 saturated heterocycles. The second kappa shape index (κ2) is 6.27. The Kier molecular flexibility index (Phi) is 4.16. The highest BCUT2D eigenvalue weighted by Crippen LogP contribution is 2.18. The van der Waals surface area contributed by atoms with E-state index in [1.165, 1.54) is 10.9 Å². The molecule has 124 valence electrons. The largest absolute Gasteiger partial charge is 0.323 e. The number of aryl methyl sites for hydroxylation is 3. The summed E-state index contributed by atoms with van der Waals surface area (Å²) < 4.78 is 3.19. The van der Waals surface area contributed by atoms with Crippen molar-refractivity contribution in [3.8, 4) is 0 Å². The van der Waals surface area contributed by atoms with E-state index < -0.39 is 0 Å². The summed E-state index contributed by atoms with van der Waals surface area (Å²) in [6, 6.07) is 7.17. The molecule has 0 spiro atoms. The Morgan fingerprint density at radius 3 is 2.71 bits per heavy atom. The van der Waals surface area contributed by atoms with E-state index in [-0.39, 0.29) is 24.4 Å². The van der Waals surface area contributed by atoms with E-state index >= 15 is 0 Å². The van der Waals surface area contributed by atoms with Gasteiger partial charge in [-0.1, -0.05) is 12.1 Å². The van der Waals surface area contributed by atoms with Gasteiger partial charge in [0.1, 0.15) is 0 Å². The van der Waals surface area contributed by atoms with Crippen molar-refractivity contribution in [1.82, 2.24) is 19.3 Å². The summed E-state index contributed by atoms with van der Waals surface area (Å²) in [5, 5.41) is 7.69. The molecule has 0 unspecified atom stereocenters. The number of anilines is 1. The maximum Gasteiger partial charge on any atom is 0.261 e. The second-order valence-corrected chi connectivity index (χ2v) is 5.73. The monoisotopic (exact) mass is 325 g/mol. The van der Waals surface area contributed by atoms with Crippen molar-refractivity contribution in [2.24, 2.45) is 7.05 Å². The fourth-order valence-corrected chi connectivity index (χ4v) is 2.64. The number of fused-ring (bicyclic) bond motifs is 1. The zero-order chi connectivity index (χ0) is 17.3. The summed E-state index contributed by atoms with van der Waals surface area (Å²) in [5.74, 6) is -0.158. The van der Waals surface area contributed by atoms with Gasteiger partial charge in [-0.15, -0.1) is 0 Å². The van der Waals surface area contributed by atoms with Crippen LogP contribution in [0.25, 0.3) is 10.9 Å². The van der Waals surface area contributed by atoms with Crippen molar-refractivity contribution in [3.63, 3.8) is 0 Å². The molecule has 2 aromatic heterocycles. The third kappa shape index (κ3) is 2.92. The van der Waals surface area contributed by atoms with Crippen LogP contribution in [0, 0.1) is 13.8 Å². The van der Waals surface area contributed by atoms with Crippen molar-refractivity contribution < 1.29 is 4.79 Å². The summed E-state index contributed by atoms with van der Waals surface area (Å²) in [6.45, 7) is 4.02. The first-order chi connectivity index (χ1) is 11.5. The number of hydrogen-bond acceptors (Lipinski definition) is 4. The first-order valence-corrected chi connectivity index (χ1v) is 7.71. The van der Waals surface area contributed by atoms with E-state index in [4.69, 9.17) is 0 Å². The number of aromatic nitrogens is 4. The molecule has 1 amide bonds. The lowest BCUT2D eigenvalue weighted by atomic mass is 10.2. The van der Waals surface area contributed by atoms with Gasteiger partial charge in [0, 0.05) is 20.0 Å². The highest BCUT2D eigenvalue weighted by atomic mass is 16.2. The first kappa shape index (κ1) is 15.9. The molecule has 3 aromatic rings. The standard InChI is InChI=1S/C17H19N5O2/c1-11-16(12(2)21(3)20-11)19-15(23)8-9-22-10-18-14-7-5-4-6-13(14)17(22)24/h4-7,10H,8-9H2,1-3H3,(H,19,23). The molecule has 7 heteroatoms. The first-order valence-electron chi connectivity index (χ1n) is 7.71. The summed E-state index contributed by atoms with van der Waals surface area (Å²) in [5.41, 5.74) is 2.91. The van der Waals surface area contributed by atoms with Crippen LogP contribution in [0.15, 0.2) is 35.4 Å². The van der Waals surface area contributed by atoms with Crippen LogP contribution in [0.1, 0.15) is 17.8 Å². The number of para-hydroxylation sites is 1. The lowest BCUT2D eigenvalue weighted by Gasteiger charge is -2.08. The number of nitrogens with zero attached hydrogens (tertiary/aromatic N) is 4. The van der Waals surface area contributed by atoms with E-state index in [1.54, 1.807) is 22.9 Å². The second-order valence-electron chi connectivity index (χ2n) is 5.73. The average molecular weight is 325 g/mol. The van der Waals surface area contributed by atoms with Crippen molar-refractivity contribution >= 4 is 22.5 Å². The predicted molar refractivity (Wildman–Crippen MR) is 91.9 cm³/mol. The molecule has 7 nitrogen and oxygen atoms in total. The minimum absolute atomic E-state index is 0.137. The normalized spacial score (nSPS) is 11.0. The summed E-state index contributed by atoms with van der Waals surface area (Å²) >= 11 is 0. The molecular formula is C17H19N5O2. The SMILES string of the molecule is Cc1nn(C)c(C)c1NC(=O)CCn1cnc2ccccc2c1=O. The number of hydrogen-bond donors (Lipinski definition) is 1. The number of nitrogens with one attached hydrogen (secondary N) is 1. The van der Waals surface area contributed by atoms with Gasteiger partial charge in [0.2, 0.25) is 5.91 Å². The number of benzene rings is 1. The van der Waals surface area contributed by atoms with Gasteiger partial charge in [0.25, 0.3) is 5.56 Å². The van der Waals surface area contributed by atoms with Crippen LogP contribution >= 0.6 is 0 Å². The molecule has 0 atom stereocenters. The van der Waals surface area contributed by atoms with E-state index in [0.29, 0.717) is 10.9 Å². The highest BCUT2D eigenvalue weighted by molar-refractivity contribution is 5.91. The number of rotatable bonds is 4. The van der Waals surface area contributed by atoms with Crippen LogP contribution < -0.4 is 10.9 Å². The minimum atomic E-state index is -0.158. The maximum atomic E-state index is 12.4. The maximum absolute atomic E-state index is 12.4. The Balaban J connectivity index is 1.73. The molecule has 0 fully saturated rings. The molecule has 0 aliphatic carbocycles. The molecule has 1 aromatic carbocycles. The number of amides is 1. The van der Waals surface area contributed by atoms with Crippen molar-refractivity contribution in [3.05, 3.63) is 52.3 Å². The van der Waals surface area contributed by atoms with Gasteiger partial charge in [-0.05, 0) is 26.0 Å². The number of carbonyl (C=O) groups excluding carboxylic acids is 1. The molecule has 2 heterocycles. The Hall–Kier alpha value is -2.96. The van der Waals surface area contributed by atoms with Gasteiger partial charge < -0.3 is 5.32 Å². The van der Waals surface area contributed by atoms with Gasteiger partial charge in [-0.2, -0.15) is 5.10 Å². The van der Waals surface area contributed by atoms with Gasteiger partial charge in [-0.3, -0.25) is 18.8 Å². The van der Waals surface area contributed by atoms with Gasteiger partial charge in [0.05, 0.1) is 34.3 Å². The van der Waals surface area contributed by atoms with Crippen LogP contribution in [0.5, 0.6) is 0 Å². The molecular weight excluding hydrogens is 306 g/mol. The Labute approximate surface area is 138 Å². The fraction of sp³-hybridized carbons (Fsp3) is 0.294. The summed E-state index contributed by atoms with van der Waals surface area (Å²) in [4.78, 5) is 28.8. The van der Waals surface area contributed by atoms with Crippen molar-refractivity contribution in [2.45, 2.75) is 26.8 Å². The lowest BCUT2D eigenvalue weighted by Crippen LogP contribution is -2.23. The molecule has 0 bridgehead atoms. The van der Waals surface area contributed by atoms with Gasteiger partial charge in [-0.25, -0.2) is 4.98 Å². The van der Waals surface area contributed by atoms with Crippen LogP contribution in [-0.4, -0.2) is 25.2 Å². The Bertz CT molecular complexity index is 971. The van der Waals surface area contributed by atoms with E-state index in [0.717, 1.165) is 17.1 Å². The molecule has 24 heavy (non-hydrogen) atoms. The molecule has 3 rings (SSSR count). The third-order valence-corrected chi connectivity index (χ3v) is 4.08. The zero-order valence-electron chi connectivity index (χ0n) is 13.9. The van der Waals surface area contributed by atoms with Crippen LogP contribution in [-0.2, 0) is 18.4 Å². The highest BCUT2D eigenvalue weighted by Gasteiger charge is 2.13. The van der Waals surface area contributed by atoms with E-state index in [9.17, 15) is 9.59 Å². The minimum Gasteiger partial charge on any atom is -0.323 e. The zero-order valence-corrected chi connectivity index (χ0v) is 13.9. The summed E-state index contributed by atoms with van der Waals surface area (Å²) in [6.07, 6.45) is 1.67. The fourth-order valence-electron chi connectivity index (χ4n) is 2.64. The molecule has 0 saturated carbocycles. The molecule has 0 aliphatic heterocycles. The predicted octanol–water partition coefficient (Wildman–Crippen LogP) is 1.78. The van der Waals surface area contributed by atoms with E-state index in [2.05, 4.69) is 15.4 Å². The summed E-state index contributed by atoms with van der Waals surface area (Å²) in [7, 11) is 1.83. The van der Waals surface area contributed by atoms with Crippen LogP contribution in [0.3, 0.4) is 0 Å². The van der Waals surface area contributed by atoms with Gasteiger partial charge >= 0.3 is 0 Å². The molecule has 0 radical (unpaired) electrons. The molecule has 0 aliphatic rings. The van der Waals surface area contributed by atoms with Crippen molar-refractivity contribution in [1.29, 1.82) is 0 Å². The Morgan fingerprint density at radius 1 is 1.25 bits per heavy atom. The smallest absolute Gasteiger partial charge is 0.261 e. The topological polar surface area (TPSA) is 81.8 Å². The lowest BCUT2D eigenvalue weighted by molar-refractivity contribution is -0.116. The Morgan fingerprint density at radius 2 is 2.00 bits per heavy atom. The molecule has 1 N–H and O–H groups in total. The van der Waals surface area contributed by atoms with Gasteiger partial charge in [0.15, 0.2) is 0 Å². The van der Waals surface area contributed by atoms with Crippen molar-refractivity contribution in [2.75, 3.05) is 5.32 Å². The number of carbonyl (C=O) groups is 1. The third-order valence-electron chi connectivity index (χ3n) is 4.08. The van der Waals surface area contributed by atoms with Crippen LogP contribution in [0.4, 0.5) is 5.69 Å². The van der Waals surface area contributed by atoms with E-state index in [1.807, 2.05) is 27.0 Å². The van der Waals surface area contributed by atoms with Crippen LogP contribution in [0.2, 0.25) is 0 Å². The average Bonchev–Trinajstić information content (AvgIpc) is 2.81. The quantitative estimate of drug-likeness (QED) is 0.792.